The van der Waals surface area contributed by atoms with Crippen LogP contribution in [0.5, 0.6) is 0 Å². The first kappa shape index (κ1) is 51.3. The minimum absolute atomic E-state index is 0.0171. The molecule has 5 aliphatic carbocycles. The van der Waals surface area contributed by atoms with Crippen molar-refractivity contribution < 1.29 is 35.0 Å². The number of rotatable bonds is 22. The van der Waals surface area contributed by atoms with Crippen LogP contribution in [0, 0.1) is 31.6 Å². The van der Waals surface area contributed by atoms with Crippen LogP contribution >= 0.6 is 22.7 Å². The Balaban J connectivity index is 0.867. The minimum Gasteiger partial charge on any atom is -0.396 e. The fourth-order valence-electron chi connectivity index (χ4n) is 11.7. The van der Waals surface area contributed by atoms with Crippen LogP contribution in [0.1, 0.15) is 120 Å². The molecule has 396 valence electrons. The van der Waals surface area contributed by atoms with Crippen molar-refractivity contribution in [2.45, 2.75) is 159 Å². The fraction of sp³-hybridized carbons (Fsp3) is 0.623. The van der Waals surface area contributed by atoms with Gasteiger partial charge in [-0.05, 0) is 103 Å². The number of thiazole rings is 2. The van der Waals surface area contributed by atoms with E-state index in [0.29, 0.717) is 95.3 Å². The maximum atomic E-state index is 11.9. The molecule has 21 heteroatoms. The van der Waals surface area contributed by atoms with Gasteiger partial charge in [0, 0.05) is 61.9 Å². The highest BCUT2D eigenvalue weighted by Crippen LogP contribution is 2.52. The predicted molar refractivity (Wildman–Crippen MR) is 287 cm³/mol. The number of aryl methyl sites for hydroxylation is 2. The summed E-state index contributed by atoms with van der Waals surface area (Å²) in [5.74, 6) is 1.89. The van der Waals surface area contributed by atoms with Gasteiger partial charge in [-0.1, -0.05) is 19.8 Å². The van der Waals surface area contributed by atoms with E-state index in [4.69, 9.17) is 49.3 Å². The lowest BCUT2D eigenvalue weighted by Gasteiger charge is -2.31. The second-order valence-electron chi connectivity index (χ2n) is 21.3. The zero-order valence-electron chi connectivity index (χ0n) is 42.7. The summed E-state index contributed by atoms with van der Waals surface area (Å²) in [5.41, 5.74) is 4.33. The number of aliphatic hydroxyl groups excluding tert-OH is 4. The van der Waals surface area contributed by atoms with Gasteiger partial charge in [-0.2, -0.15) is 9.97 Å². The number of nitrogens with zero attached hydrogens (tertiary/aromatic N) is 8. The van der Waals surface area contributed by atoms with Gasteiger partial charge in [-0.25, -0.2) is 19.9 Å². The van der Waals surface area contributed by atoms with Crippen molar-refractivity contribution in [3.05, 3.63) is 47.3 Å². The number of aromatic nitrogens is 8. The van der Waals surface area contributed by atoms with Crippen LogP contribution in [0.3, 0.4) is 0 Å². The number of hydrogen-bond donors (Lipinski definition) is 9. The van der Waals surface area contributed by atoms with E-state index in [-0.39, 0.29) is 37.8 Å². The topological polar surface area (TPSA) is 271 Å². The molecule has 6 aromatic rings. The highest BCUT2D eigenvalue weighted by molar-refractivity contribution is 7.22. The van der Waals surface area contributed by atoms with Crippen LogP contribution in [-0.4, -0.2) is 140 Å². The molecule has 0 spiro atoms. The summed E-state index contributed by atoms with van der Waals surface area (Å²) in [6.07, 6.45) is 12.1. The molecular weight excluding hydrogens is 981 g/mol. The molecule has 19 nitrogen and oxygen atoms in total. The molecule has 0 saturated heterocycles. The molecule has 5 saturated carbocycles. The van der Waals surface area contributed by atoms with Crippen molar-refractivity contribution in [1.29, 1.82) is 0 Å². The molecule has 0 amide bonds. The average Bonchev–Trinajstić information content (AvgIpc) is 4.06. The Morgan fingerprint density at radius 3 is 2.12 bits per heavy atom. The Hall–Kier alpha value is -4.84. The van der Waals surface area contributed by atoms with Crippen LogP contribution in [0.25, 0.3) is 41.6 Å². The third kappa shape index (κ3) is 10.2. The van der Waals surface area contributed by atoms with Crippen molar-refractivity contribution in [2.75, 3.05) is 54.3 Å². The smallest absolute Gasteiger partial charge is 0.225 e. The molecule has 6 aromatic heterocycles. The largest absolute Gasteiger partial charge is 0.396 e. The number of fused-ring (bicyclic) bond motifs is 2. The molecule has 9 N–H and O–H groups in total. The summed E-state index contributed by atoms with van der Waals surface area (Å²) >= 11 is 3.04. The van der Waals surface area contributed by atoms with Gasteiger partial charge < -0.3 is 56.3 Å². The van der Waals surface area contributed by atoms with Gasteiger partial charge in [-0.15, -0.1) is 22.7 Å². The zero-order chi connectivity index (χ0) is 51.3. The minimum atomic E-state index is -1.72. The third-order valence-electron chi connectivity index (χ3n) is 16.3. The van der Waals surface area contributed by atoms with Crippen LogP contribution in [0.15, 0.2) is 24.5 Å². The number of aliphatic hydroxyl groups is 5. The average molecular weight is 1050 g/mol. The quantitative estimate of drug-likeness (QED) is 0.0307. The van der Waals surface area contributed by atoms with Gasteiger partial charge in [0.15, 0.2) is 5.72 Å². The molecule has 8 atom stereocenters. The monoisotopic (exact) mass is 1050 g/mol. The molecule has 0 bridgehead atoms. The van der Waals surface area contributed by atoms with Gasteiger partial charge in [-0.3, -0.25) is 9.97 Å². The lowest BCUT2D eigenvalue weighted by Crippen LogP contribution is -2.48. The Labute approximate surface area is 438 Å². The molecule has 6 heterocycles. The maximum absolute atomic E-state index is 11.9. The second-order valence-corrected chi connectivity index (χ2v) is 23.4. The Bertz CT molecular complexity index is 2970. The second kappa shape index (κ2) is 21.3. The lowest BCUT2D eigenvalue weighted by atomic mass is 9.96. The normalized spacial score (nSPS) is 26.1. The van der Waals surface area contributed by atoms with Crippen molar-refractivity contribution in [3.63, 3.8) is 0 Å². The number of ether oxygens (including phenoxy) is 2. The van der Waals surface area contributed by atoms with Crippen molar-refractivity contribution >= 4 is 66.6 Å². The zero-order valence-corrected chi connectivity index (χ0v) is 44.3. The van der Waals surface area contributed by atoms with Gasteiger partial charge >= 0.3 is 0 Å². The van der Waals surface area contributed by atoms with E-state index in [1.54, 1.807) is 17.5 Å². The first-order valence-electron chi connectivity index (χ1n) is 26.8. The van der Waals surface area contributed by atoms with E-state index < -0.39 is 41.9 Å². The molecule has 5 fully saturated rings. The Morgan fingerprint density at radius 2 is 1.45 bits per heavy atom. The van der Waals surface area contributed by atoms with E-state index in [1.807, 2.05) is 39.1 Å². The van der Waals surface area contributed by atoms with Crippen LogP contribution in [0.4, 0.5) is 23.5 Å². The Kier molecular flexibility index (Phi) is 14.8. The van der Waals surface area contributed by atoms with E-state index in [9.17, 15) is 25.5 Å². The van der Waals surface area contributed by atoms with E-state index >= 15 is 0 Å². The standard InChI is InChI=1S/C53H70N12O7S2/c1-5-33(26-71-6-2)58-50-56-27(3)38(48-61-42-37(74-48)15-21-55-40(42)29-11-12-29)46(62-50)59-35-23-31(25-67)43(68)44(35)72-22-16-34-41-36(14-20-54-34)73-49(60-41)39-28(4)57-51(65-52(18-19-52)32-9-7-8-10-32)63-47(39)64-53(70)17-13-30(24-66)45(53)69/h14-15,20-21,29-33,35,43-45,66-70H,5-13,16-19,22-26H2,1-4H3,(H2,56,58,59,62)(H2,57,63,64,65). The van der Waals surface area contributed by atoms with Gasteiger partial charge in [0.2, 0.25) is 11.9 Å². The van der Waals surface area contributed by atoms with Gasteiger partial charge in [0.25, 0.3) is 0 Å². The van der Waals surface area contributed by atoms with Crippen LogP contribution in [0.2, 0.25) is 0 Å². The summed E-state index contributed by atoms with van der Waals surface area (Å²) in [7, 11) is 0. The molecule has 11 rings (SSSR count). The summed E-state index contributed by atoms with van der Waals surface area (Å²) < 4.78 is 14.4. The summed E-state index contributed by atoms with van der Waals surface area (Å²) in [6, 6.07) is 3.47. The van der Waals surface area contributed by atoms with E-state index in [2.05, 4.69) is 28.2 Å². The third-order valence-corrected chi connectivity index (χ3v) is 18.4. The molecule has 0 aromatic carbocycles. The molecule has 8 unspecified atom stereocenters. The van der Waals surface area contributed by atoms with Crippen molar-refractivity contribution in [1.82, 2.24) is 39.9 Å². The first-order chi connectivity index (χ1) is 35.9. The number of pyridine rings is 2. The van der Waals surface area contributed by atoms with Crippen LogP contribution < -0.4 is 21.3 Å². The van der Waals surface area contributed by atoms with Crippen molar-refractivity contribution in [2.24, 2.45) is 17.8 Å². The van der Waals surface area contributed by atoms with Gasteiger partial charge in [0.05, 0.1) is 74.7 Å². The summed E-state index contributed by atoms with van der Waals surface area (Å²) in [4.78, 5) is 39.9. The molecule has 5 aliphatic rings. The highest BCUT2D eigenvalue weighted by atomic mass is 32.1. The number of nitrogens with one attached hydrogen (secondary N) is 4. The molecular formula is C53H70N12O7S2. The van der Waals surface area contributed by atoms with Gasteiger partial charge in [0.1, 0.15) is 44.9 Å². The maximum Gasteiger partial charge on any atom is 0.225 e. The fourth-order valence-corrected chi connectivity index (χ4v) is 13.9. The summed E-state index contributed by atoms with van der Waals surface area (Å²) in [5, 5.41) is 70.9. The van der Waals surface area contributed by atoms with Crippen LogP contribution in [-0.2, 0) is 15.9 Å². The first-order valence-corrected chi connectivity index (χ1v) is 28.4. The van der Waals surface area contributed by atoms with E-state index in [0.717, 1.165) is 69.0 Å². The molecule has 0 radical (unpaired) electrons. The molecule has 74 heavy (non-hydrogen) atoms. The lowest BCUT2D eigenvalue weighted by molar-refractivity contribution is -0.0545. The van der Waals surface area contributed by atoms with E-state index in [1.165, 1.54) is 37.0 Å². The number of hydrogen-bond acceptors (Lipinski definition) is 21. The molecule has 0 aliphatic heterocycles. The van der Waals surface area contributed by atoms with Crippen molar-refractivity contribution in [3.8, 4) is 21.1 Å². The predicted octanol–water partition coefficient (Wildman–Crippen LogP) is 7.11. The summed E-state index contributed by atoms with van der Waals surface area (Å²) in [6.45, 7) is 8.78. The number of anilines is 4. The highest BCUT2D eigenvalue weighted by Gasteiger charge is 2.51. The Morgan fingerprint density at radius 1 is 0.770 bits per heavy atom. The SMILES string of the molecule is CCOCC(CC)Nc1nc(C)c(-c2nc3c(C4CC4)nccc3s2)c(NC2CC(CO)C(O)C2OCCc2nccc3sc(-c4c(C)nc(NC5(C6CCCC6)CC5)nc4NC4(O)CCC(CO)C4O)nc23)n1.